The van der Waals surface area contributed by atoms with Crippen LogP contribution in [0.25, 0.3) is 0 Å². The maximum atomic E-state index is 13.1. The largest absolute Gasteiger partial charge is 0.490 e. The molecule has 0 saturated heterocycles. The van der Waals surface area contributed by atoms with E-state index in [0.29, 0.717) is 12.2 Å². The van der Waals surface area contributed by atoms with Gasteiger partial charge in [0.15, 0.2) is 0 Å². The SMILES string of the molecule is CCNC1(C#N)CCCC(Oc2cccc(F)c2)C1. The molecule has 1 fully saturated rings. The maximum absolute atomic E-state index is 13.1. The summed E-state index contributed by atoms with van der Waals surface area (Å²) >= 11 is 0. The van der Waals surface area contributed by atoms with Crippen LogP contribution in [0.2, 0.25) is 0 Å². The molecule has 2 atom stereocenters. The van der Waals surface area contributed by atoms with E-state index in [9.17, 15) is 9.65 Å². The van der Waals surface area contributed by atoms with Gasteiger partial charge >= 0.3 is 0 Å². The van der Waals surface area contributed by atoms with Gasteiger partial charge in [-0.1, -0.05) is 13.0 Å². The van der Waals surface area contributed by atoms with Gasteiger partial charge in [0.25, 0.3) is 0 Å². The van der Waals surface area contributed by atoms with Crippen molar-refractivity contribution in [1.82, 2.24) is 5.32 Å². The normalized spacial score (nSPS) is 26.7. The van der Waals surface area contributed by atoms with Crippen molar-refractivity contribution >= 4 is 0 Å². The molecule has 1 aliphatic rings. The highest BCUT2D eigenvalue weighted by molar-refractivity contribution is 5.23. The number of rotatable bonds is 4. The summed E-state index contributed by atoms with van der Waals surface area (Å²) < 4.78 is 18.9. The molecule has 19 heavy (non-hydrogen) atoms. The Bertz CT molecular complexity index is 467. The smallest absolute Gasteiger partial charge is 0.126 e. The van der Waals surface area contributed by atoms with Gasteiger partial charge < -0.3 is 4.74 Å². The lowest BCUT2D eigenvalue weighted by Crippen LogP contribution is -2.49. The molecular formula is C15H19FN2O. The first-order valence-corrected chi connectivity index (χ1v) is 6.76. The van der Waals surface area contributed by atoms with Crippen molar-refractivity contribution in [3.63, 3.8) is 0 Å². The summed E-state index contributed by atoms with van der Waals surface area (Å²) in [5.74, 6) is 0.238. The van der Waals surface area contributed by atoms with E-state index in [4.69, 9.17) is 4.74 Å². The van der Waals surface area contributed by atoms with Gasteiger partial charge in [-0.05, 0) is 37.9 Å². The Morgan fingerprint density at radius 3 is 3.11 bits per heavy atom. The summed E-state index contributed by atoms with van der Waals surface area (Å²) in [4.78, 5) is 0. The lowest BCUT2D eigenvalue weighted by Gasteiger charge is -2.36. The van der Waals surface area contributed by atoms with Crippen LogP contribution in [0.4, 0.5) is 4.39 Å². The quantitative estimate of drug-likeness (QED) is 0.907. The van der Waals surface area contributed by atoms with Gasteiger partial charge in [0.05, 0.1) is 6.07 Å². The molecule has 0 radical (unpaired) electrons. The first-order chi connectivity index (χ1) is 9.17. The Balaban J connectivity index is 2.03. The van der Waals surface area contributed by atoms with Crippen LogP contribution in [-0.4, -0.2) is 18.2 Å². The van der Waals surface area contributed by atoms with Gasteiger partial charge in [0.1, 0.15) is 23.2 Å². The Labute approximate surface area is 113 Å². The van der Waals surface area contributed by atoms with Crippen LogP contribution in [0.1, 0.15) is 32.6 Å². The van der Waals surface area contributed by atoms with Gasteiger partial charge in [0.2, 0.25) is 0 Å². The highest BCUT2D eigenvalue weighted by atomic mass is 19.1. The fraction of sp³-hybridized carbons (Fsp3) is 0.533. The van der Waals surface area contributed by atoms with Crippen molar-refractivity contribution in [2.75, 3.05) is 6.54 Å². The highest BCUT2D eigenvalue weighted by Crippen LogP contribution is 2.30. The van der Waals surface area contributed by atoms with Gasteiger partial charge in [0, 0.05) is 12.5 Å². The first kappa shape index (κ1) is 13.8. The molecule has 0 heterocycles. The van der Waals surface area contributed by atoms with Gasteiger partial charge in [-0.3, -0.25) is 5.32 Å². The first-order valence-electron chi connectivity index (χ1n) is 6.76. The summed E-state index contributed by atoms with van der Waals surface area (Å²) in [6.45, 7) is 2.76. The monoisotopic (exact) mass is 262 g/mol. The van der Waals surface area contributed by atoms with Crippen LogP contribution in [0, 0.1) is 17.1 Å². The van der Waals surface area contributed by atoms with E-state index >= 15 is 0 Å². The minimum atomic E-state index is -0.495. The summed E-state index contributed by atoms with van der Waals surface area (Å²) in [5, 5.41) is 12.6. The third kappa shape index (κ3) is 3.45. The number of hydrogen-bond donors (Lipinski definition) is 1. The lowest BCUT2D eigenvalue weighted by atomic mass is 9.81. The van der Waals surface area contributed by atoms with E-state index in [1.807, 2.05) is 6.92 Å². The predicted molar refractivity (Wildman–Crippen MR) is 71.3 cm³/mol. The summed E-state index contributed by atoms with van der Waals surface area (Å²) in [7, 11) is 0. The van der Waals surface area contributed by atoms with Crippen molar-refractivity contribution < 1.29 is 9.13 Å². The van der Waals surface area contributed by atoms with Crippen molar-refractivity contribution in [2.24, 2.45) is 0 Å². The second-order valence-corrected chi connectivity index (χ2v) is 5.02. The van der Waals surface area contributed by atoms with Crippen LogP contribution in [0.15, 0.2) is 24.3 Å². The zero-order chi connectivity index (χ0) is 13.7. The van der Waals surface area contributed by atoms with E-state index in [-0.39, 0.29) is 11.9 Å². The van der Waals surface area contributed by atoms with Crippen LogP contribution >= 0.6 is 0 Å². The molecule has 1 aliphatic carbocycles. The number of benzene rings is 1. The molecule has 4 heteroatoms. The number of hydrogen-bond acceptors (Lipinski definition) is 3. The van der Waals surface area contributed by atoms with E-state index < -0.39 is 5.54 Å². The number of nitrogens with one attached hydrogen (secondary N) is 1. The van der Waals surface area contributed by atoms with Gasteiger partial charge in [-0.15, -0.1) is 0 Å². The van der Waals surface area contributed by atoms with Crippen LogP contribution in [0.5, 0.6) is 5.75 Å². The summed E-state index contributed by atoms with van der Waals surface area (Å²) in [6, 6.07) is 8.54. The van der Waals surface area contributed by atoms with Crippen molar-refractivity contribution in [3.8, 4) is 11.8 Å². The minimum Gasteiger partial charge on any atom is -0.490 e. The van der Waals surface area contributed by atoms with E-state index in [1.165, 1.54) is 12.1 Å². The molecule has 0 bridgehead atoms. The Kier molecular flexibility index (Phi) is 4.39. The standard InChI is InChI=1S/C15H19FN2O/c1-2-18-15(11-17)8-4-7-14(10-15)19-13-6-3-5-12(16)9-13/h3,5-6,9,14,18H,2,4,7-8,10H2,1H3. The molecule has 0 aromatic heterocycles. The molecule has 0 amide bonds. The average Bonchev–Trinajstić information content (AvgIpc) is 2.39. The van der Waals surface area contributed by atoms with E-state index in [1.54, 1.807) is 12.1 Å². The number of halogens is 1. The molecule has 2 rings (SSSR count). The number of nitriles is 1. The molecule has 3 nitrogen and oxygen atoms in total. The second-order valence-electron chi connectivity index (χ2n) is 5.02. The predicted octanol–water partition coefficient (Wildman–Crippen LogP) is 3.02. The van der Waals surface area contributed by atoms with E-state index in [2.05, 4.69) is 11.4 Å². The van der Waals surface area contributed by atoms with Crippen LogP contribution in [0.3, 0.4) is 0 Å². The third-order valence-electron chi connectivity index (χ3n) is 3.53. The number of ether oxygens (including phenoxy) is 1. The maximum Gasteiger partial charge on any atom is 0.126 e. The topological polar surface area (TPSA) is 45.0 Å². The van der Waals surface area contributed by atoms with Crippen LogP contribution in [-0.2, 0) is 0 Å². The minimum absolute atomic E-state index is 0.0331. The summed E-state index contributed by atoms with van der Waals surface area (Å²) in [6.07, 6.45) is 3.31. The fourth-order valence-corrected chi connectivity index (χ4v) is 2.70. The zero-order valence-electron chi connectivity index (χ0n) is 11.2. The zero-order valence-corrected chi connectivity index (χ0v) is 11.2. The van der Waals surface area contributed by atoms with Crippen molar-refractivity contribution in [3.05, 3.63) is 30.1 Å². The molecule has 102 valence electrons. The Morgan fingerprint density at radius 1 is 1.58 bits per heavy atom. The van der Waals surface area contributed by atoms with Crippen LogP contribution < -0.4 is 10.1 Å². The molecule has 0 spiro atoms. The van der Waals surface area contributed by atoms with Crippen molar-refractivity contribution in [2.45, 2.75) is 44.2 Å². The molecule has 0 aliphatic heterocycles. The fourth-order valence-electron chi connectivity index (χ4n) is 2.70. The van der Waals surface area contributed by atoms with E-state index in [0.717, 1.165) is 25.8 Å². The third-order valence-corrected chi connectivity index (χ3v) is 3.53. The molecule has 1 aromatic carbocycles. The molecule has 2 unspecified atom stereocenters. The van der Waals surface area contributed by atoms with Gasteiger partial charge in [-0.25, -0.2) is 4.39 Å². The Hall–Kier alpha value is -1.60. The summed E-state index contributed by atoms with van der Waals surface area (Å²) in [5.41, 5.74) is -0.495. The highest BCUT2D eigenvalue weighted by Gasteiger charge is 2.36. The van der Waals surface area contributed by atoms with Gasteiger partial charge in [-0.2, -0.15) is 5.26 Å². The Morgan fingerprint density at radius 2 is 2.42 bits per heavy atom. The van der Waals surface area contributed by atoms with Crippen molar-refractivity contribution in [1.29, 1.82) is 5.26 Å². The molecule has 1 N–H and O–H groups in total. The average molecular weight is 262 g/mol. The lowest BCUT2D eigenvalue weighted by molar-refractivity contribution is 0.113. The molecule has 1 aromatic rings. The molecular weight excluding hydrogens is 243 g/mol. The second kappa shape index (κ2) is 6.03. The molecule has 1 saturated carbocycles. The number of nitrogens with zero attached hydrogens (tertiary/aromatic N) is 1.